The molecule has 2 N–H and O–H groups in total. The van der Waals surface area contributed by atoms with E-state index in [4.69, 9.17) is 42.6 Å². The van der Waals surface area contributed by atoms with Crippen molar-refractivity contribution >= 4 is 11.9 Å². The first-order valence-corrected chi connectivity index (χ1v) is 17.6. The maximum atomic E-state index is 13.1. The van der Waals surface area contributed by atoms with E-state index in [-0.39, 0.29) is 19.8 Å². The quantitative estimate of drug-likeness (QED) is 0.133. The van der Waals surface area contributed by atoms with Crippen molar-refractivity contribution in [2.75, 3.05) is 34.0 Å². The second-order valence-electron chi connectivity index (χ2n) is 12.4. The zero-order valence-corrected chi connectivity index (χ0v) is 30.5. The van der Waals surface area contributed by atoms with Crippen LogP contribution < -0.4 is 20.7 Å². The van der Waals surface area contributed by atoms with Gasteiger partial charge in [0.25, 0.3) is 12.0 Å². The van der Waals surface area contributed by atoms with Gasteiger partial charge in [0, 0.05) is 12.3 Å². The van der Waals surface area contributed by atoms with Gasteiger partial charge in [-0.15, -0.1) is 0 Å². The number of aromatic amines is 1. The van der Waals surface area contributed by atoms with E-state index in [0.717, 1.165) is 16.2 Å². The normalized spacial score (nSPS) is 22.6. The van der Waals surface area contributed by atoms with Crippen LogP contribution in [0.5, 0.6) is 11.5 Å². The number of hydrogen-bond donors (Lipinski definition) is 2. The van der Waals surface area contributed by atoms with Gasteiger partial charge in [0.15, 0.2) is 18.4 Å². The fraction of sp³-hybridized carbons (Fsp3) is 0.385. The van der Waals surface area contributed by atoms with E-state index in [0.29, 0.717) is 22.6 Å². The van der Waals surface area contributed by atoms with Crippen molar-refractivity contribution in [3.63, 3.8) is 0 Å². The van der Waals surface area contributed by atoms with Gasteiger partial charge in [0.2, 0.25) is 0 Å². The number of methoxy groups -OCH3 is 2. The lowest BCUT2D eigenvalue weighted by atomic mass is 9.80. The molecule has 16 nitrogen and oxygen atoms in total. The third kappa shape index (κ3) is 8.19. The van der Waals surface area contributed by atoms with Gasteiger partial charge >= 0.3 is 17.6 Å². The minimum atomic E-state index is -1.73. The Hall–Kier alpha value is -5.36. The molecule has 6 rings (SSSR count). The zero-order chi connectivity index (χ0) is 39.1. The largest absolute Gasteiger partial charge is 0.497 e. The van der Waals surface area contributed by atoms with E-state index in [2.05, 4.69) is 4.98 Å². The number of benzene rings is 3. The molecule has 16 heteroatoms. The van der Waals surface area contributed by atoms with Crippen LogP contribution >= 0.6 is 0 Å². The standard InChI is InChI=1S/C39H42N2O14/c1-5-49-35(44)32-33(36(45)50-6-2)55-38(54-32)53-31-30(43)28(52-34(31)41-21-20-29(42)40-37(41)46)22-51-39(23-10-8-7-9-11-23,24-12-16-26(47-3)17-13-24)25-14-18-27(48-4)19-15-25/h7-21,28,30-34,38,43H,5-6,22H2,1-4H3,(H,40,42,46)/t28-,30-,31-,32-,33-,34-/m1/s1. The van der Waals surface area contributed by atoms with Gasteiger partial charge in [-0.1, -0.05) is 54.6 Å². The Morgan fingerprint density at radius 2 is 1.29 bits per heavy atom. The molecule has 0 bridgehead atoms. The number of esters is 2. The van der Waals surface area contributed by atoms with Gasteiger partial charge in [0.1, 0.15) is 35.4 Å². The minimum Gasteiger partial charge on any atom is -0.497 e. The Labute approximate surface area is 315 Å². The summed E-state index contributed by atoms with van der Waals surface area (Å²) in [6.07, 6.45) is -7.50. The van der Waals surface area contributed by atoms with E-state index >= 15 is 0 Å². The average Bonchev–Trinajstić information content (AvgIpc) is 3.77. The number of carbonyl (C=O) groups excluding carboxylic acids is 2. The highest BCUT2D eigenvalue weighted by atomic mass is 16.9. The average molecular weight is 763 g/mol. The summed E-state index contributed by atoms with van der Waals surface area (Å²) in [5.41, 5.74) is -0.675. The molecule has 0 amide bonds. The Morgan fingerprint density at radius 1 is 0.764 bits per heavy atom. The lowest BCUT2D eigenvalue weighted by Crippen LogP contribution is -2.42. The van der Waals surface area contributed by atoms with E-state index in [1.807, 2.05) is 54.6 Å². The number of aromatic nitrogens is 2. The maximum absolute atomic E-state index is 13.1. The molecule has 0 radical (unpaired) electrons. The van der Waals surface area contributed by atoms with Crippen molar-refractivity contribution in [2.24, 2.45) is 0 Å². The molecule has 292 valence electrons. The molecule has 2 fully saturated rings. The third-order valence-electron chi connectivity index (χ3n) is 9.17. The number of nitrogens with zero attached hydrogens (tertiary/aromatic N) is 1. The monoisotopic (exact) mass is 762 g/mol. The molecule has 6 atom stereocenters. The van der Waals surface area contributed by atoms with Crippen LogP contribution in [0.3, 0.4) is 0 Å². The number of nitrogens with one attached hydrogen (secondary N) is 1. The highest BCUT2D eigenvalue weighted by molar-refractivity contribution is 5.86. The second kappa shape index (κ2) is 17.4. The summed E-state index contributed by atoms with van der Waals surface area (Å²) in [6, 6.07) is 25.2. The van der Waals surface area contributed by atoms with Gasteiger partial charge in [-0.2, -0.15) is 0 Å². The molecule has 3 aromatic carbocycles. The van der Waals surface area contributed by atoms with Crippen molar-refractivity contribution in [1.82, 2.24) is 9.55 Å². The molecule has 4 aromatic rings. The molecule has 0 saturated carbocycles. The second-order valence-corrected chi connectivity index (χ2v) is 12.4. The van der Waals surface area contributed by atoms with E-state index in [1.165, 1.54) is 6.20 Å². The number of carbonyl (C=O) groups is 2. The van der Waals surface area contributed by atoms with Crippen LogP contribution in [-0.2, 0) is 48.3 Å². The molecule has 1 aromatic heterocycles. The molecule has 2 saturated heterocycles. The van der Waals surface area contributed by atoms with Crippen molar-refractivity contribution in [1.29, 1.82) is 0 Å². The number of hydrogen-bond acceptors (Lipinski definition) is 14. The summed E-state index contributed by atoms with van der Waals surface area (Å²) in [5, 5.41) is 11.9. The van der Waals surface area contributed by atoms with Gasteiger partial charge in [0.05, 0.1) is 34.0 Å². The van der Waals surface area contributed by atoms with Gasteiger partial charge in [-0.05, 0) is 54.8 Å². The molecule has 2 aliphatic rings. The molecule has 2 aliphatic heterocycles. The smallest absolute Gasteiger partial charge is 0.338 e. The summed E-state index contributed by atoms with van der Waals surface area (Å²) in [5.74, 6) is -0.556. The minimum absolute atomic E-state index is 0.00859. The van der Waals surface area contributed by atoms with E-state index < -0.39 is 72.0 Å². The first-order valence-electron chi connectivity index (χ1n) is 17.6. The molecular formula is C39H42N2O14. The lowest BCUT2D eigenvalue weighted by Gasteiger charge is -2.37. The Balaban J connectivity index is 1.37. The number of aliphatic hydroxyl groups is 1. The molecule has 0 aliphatic carbocycles. The highest BCUT2D eigenvalue weighted by Crippen LogP contribution is 2.43. The Kier molecular flexibility index (Phi) is 12.4. The van der Waals surface area contributed by atoms with E-state index in [1.54, 1.807) is 52.3 Å². The van der Waals surface area contributed by atoms with Crippen LogP contribution in [0.4, 0.5) is 0 Å². The number of aliphatic hydroxyl groups excluding tert-OH is 1. The number of rotatable bonds is 15. The van der Waals surface area contributed by atoms with Crippen molar-refractivity contribution in [2.45, 2.75) is 62.7 Å². The lowest BCUT2D eigenvalue weighted by molar-refractivity contribution is -0.281. The van der Waals surface area contributed by atoms with Crippen LogP contribution in [0.15, 0.2) is 101 Å². The van der Waals surface area contributed by atoms with E-state index in [9.17, 15) is 24.3 Å². The number of H-pyrrole nitrogens is 1. The molecule has 0 spiro atoms. The summed E-state index contributed by atoms with van der Waals surface area (Å²) in [7, 11) is 3.13. The van der Waals surface area contributed by atoms with Crippen molar-refractivity contribution in [3.05, 3.63) is 129 Å². The predicted molar refractivity (Wildman–Crippen MR) is 191 cm³/mol. The summed E-state index contributed by atoms with van der Waals surface area (Å²) in [4.78, 5) is 52.8. The Morgan fingerprint density at radius 3 is 1.78 bits per heavy atom. The van der Waals surface area contributed by atoms with Crippen LogP contribution in [0.1, 0.15) is 36.8 Å². The predicted octanol–water partition coefficient (Wildman–Crippen LogP) is 2.40. The summed E-state index contributed by atoms with van der Waals surface area (Å²) in [6.45, 7) is 1.13. The fourth-order valence-electron chi connectivity index (χ4n) is 6.55. The van der Waals surface area contributed by atoms with Crippen molar-refractivity contribution in [3.8, 4) is 11.5 Å². The van der Waals surface area contributed by atoms with Crippen LogP contribution in [-0.4, -0.2) is 97.6 Å². The van der Waals surface area contributed by atoms with Crippen LogP contribution in [0.25, 0.3) is 0 Å². The first-order chi connectivity index (χ1) is 26.6. The molecule has 55 heavy (non-hydrogen) atoms. The SMILES string of the molecule is CCOC(=O)[C@@H]1OC(O[C@@H]2[C@H](O)[C@@H](COC(c3ccccc3)(c3ccc(OC)cc3)c3ccc(OC)cc3)O[C@H]2n2ccc(=O)[nH]c2=O)O[C@H]1C(=O)OCC. The zero-order valence-electron chi connectivity index (χ0n) is 30.5. The summed E-state index contributed by atoms with van der Waals surface area (Å²) < 4.78 is 52.7. The third-order valence-corrected chi connectivity index (χ3v) is 9.17. The maximum Gasteiger partial charge on any atom is 0.338 e. The van der Waals surface area contributed by atoms with Crippen LogP contribution in [0.2, 0.25) is 0 Å². The number of ether oxygens (including phenoxy) is 9. The molecular weight excluding hydrogens is 720 g/mol. The molecule has 3 heterocycles. The fourth-order valence-corrected chi connectivity index (χ4v) is 6.55. The Bertz CT molecular complexity index is 1940. The van der Waals surface area contributed by atoms with Gasteiger partial charge in [-0.3, -0.25) is 14.3 Å². The highest BCUT2D eigenvalue weighted by Gasteiger charge is 2.53. The summed E-state index contributed by atoms with van der Waals surface area (Å²) >= 11 is 0. The van der Waals surface area contributed by atoms with Crippen molar-refractivity contribution < 1.29 is 57.3 Å². The topological polar surface area (TPSA) is 192 Å². The first kappa shape index (κ1) is 39.3. The van der Waals surface area contributed by atoms with Gasteiger partial charge < -0.3 is 47.7 Å². The molecule has 0 unspecified atom stereocenters. The van der Waals surface area contributed by atoms with Gasteiger partial charge in [-0.25, -0.2) is 14.4 Å². The van der Waals surface area contributed by atoms with Crippen LogP contribution in [0, 0.1) is 0 Å².